The molecule has 0 saturated heterocycles. The first-order chi connectivity index (χ1) is 18.1. The summed E-state index contributed by atoms with van der Waals surface area (Å²) < 4.78 is 30.9. The van der Waals surface area contributed by atoms with E-state index in [0.717, 1.165) is 32.4 Å². The monoisotopic (exact) mass is 596 g/mol. The predicted octanol–water partition coefficient (Wildman–Crippen LogP) is 6.54. The number of imidazole rings is 1. The first-order valence-electron chi connectivity index (χ1n) is 12.6. The first-order valence-corrected chi connectivity index (χ1v) is 15.2. The van der Waals surface area contributed by atoms with Crippen LogP contribution in [0.3, 0.4) is 0 Å². The van der Waals surface area contributed by atoms with Crippen molar-refractivity contribution < 1.29 is 13.2 Å². The first kappa shape index (κ1) is 28.7. The molecule has 0 radical (unpaired) electrons. The zero-order chi connectivity index (χ0) is 27.3. The molecule has 11 heteroatoms. The average Bonchev–Trinajstić information content (AvgIpc) is 3.55. The molecule has 38 heavy (non-hydrogen) atoms. The molecule has 1 aliphatic carbocycles. The van der Waals surface area contributed by atoms with Gasteiger partial charge in [-0.15, -0.1) is 0 Å². The molecule has 2 aromatic carbocycles. The van der Waals surface area contributed by atoms with Crippen LogP contribution in [0.4, 0.5) is 5.69 Å². The SMILES string of the molecule is CC(CCC(=O)N(CCCn1ccnc1)CC1CC1)N(c1cc(Cl)ccc1Cl)S(=O)(=O)c1ccc(Cl)cc1. The van der Waals surface area contributed by atoms with E-state index in [-0.39, 0.29) is 27.9 Å². The van der Waals surface area contributed by atoms with Crippen molar-refractivity contribution >= 4 is 56.4 Å². The fourth-order valence-corrected chi connectivity index (χ4v) is 6.63. The van der Waals surface area contributed by atoms with Gasteiger partial charge in [-0.2, -0.15) is 0 Å². The number of carbonyl (C=O) groups is 1. The van der Waals surface area contributed by atoms with Crippen molar-refractivity contribution in [3.63, 3.8) is 0 Å². The minimum atomic E-state index is -4.03. The zero-order valence-electron chi connectivity index (χ0n) is 21.1. The van der Waals surface area contributed by atoms with Gasteiger partial charge in [0, 0.05) is 54.5 Å². The minimum Gasteiger partial charge on any atom is -0.342 e. The summed E-state index contributed by atoms with van der Waals surface area (Å²) in [5.41, 5.74) is 0.268. The van der Waals surface area contributed by atoms with Crippen LogP contribution in [-0.2, 0) is 21.4 Å². The molecule has 3 aromatic rings. The predicted molar refractivity (Wildman–Crippen MR) is 152 cm³/mol. The highest BCUT2D eigenvalue weighted by atomic mass is 35.5. The van der Waals surface area contributed by atoms with Crippen LogP contribution in [0.2, 0.25) is 15.1 Å². The fraction of sp³-hybridized carbons (Fsp3) is 0.407. The number of carbonyl (C=O) groups excluding carboxylic acids is 1. The third-order valence-corrected chi connectivity index (χ3v) is 9.37. The van der Waals surface area contributed by atoms with Gasteiger partial charge in [0.15, 0.2) is 0 Å². The summed E-state index contributed by atoms with van der Waals surface area (Å²) >= 11 is 18.7. The number of hydrogen-bond donors (Lipinski definition) is 0. The topological polar surface area (TPSA) is 75.5 Å². The molecular formula is C27H31Cl3N4O3S. The fourth-order valence-electron chi connectivity index (χ4n) is 4.38. The van der Waals surface area contributed by atoms with Crippen molar-refractivity contribution in [1.82, 2.24) is 14.5 Å². The maximum Gasteiger partial charge on any atom is 0.264 e. The van der Waals surface area contributed by atoms with Crippen LogP contribution in [0.25, 0.3) is 0 Å². The van der Waals surface area contributed by atoms with Crippen LogP contribution in [0.1, 0.15) is 39.0 Å². The second kappa shape index (κ2) is 12.7. The Morgan fingerprint density at radius 2 is 1.82 bits per heavy atom. The lowest BCUT2D eigenvalue weighted by molar-refractivity contribution is -0.131. The molecule has 4 rings (SSSR count). The molecular weight excluding hydrogens is 567 g/mol. The lowest BCUT2D eigenvalue weighted by atomic mass is 10.1. The number of sulfonamides is 1. The van der Waals surface area contributed by atoms with Gasteiger partial charge in [0.25, 0.3) is 10.0 Å². The van der Waals surface area contributed by atoms with Crippen LogP contribution >= 0.6 is 34.8 Å². The van der Waals surface area contributed by atoms with E-state index in [9.17, 15) is 13.2 Å². The Kier molecular flexibility index (Phi) is 9.63. The number of aryl methyl sites for hydroxylation is 1. The van der Waals surface area contributed by atoms with Gasteiger partial charge in [0.1, 0.15) is 0 Å². The molecule has 1 fully saturated rings. The van der Waals surface area contributed by atoms with Crippen LogP contribution in [0, 0.1) is 5.92 Å². The van der Waals surface area contributed by atoms with Gasteiger partial charge >= 0.3 is 0 Å². The number of hydrogen-bond acceptors (Lipinski definition) is 4. The van der Waals surface area contributed by atoms with E-state index >= 15 is 0 Å². The summed E-state index contributed by atoms with van der Waals surface area (Å²) in [4.78, 5) is 19.4. The Hall–Kier alpha value is -2.26. The van der Waals surface area contributed by atoms with Gasteiger partial charge in [0.05, 0.1) is 21.9 Å². The summed E-state index contributed by atoms with van der Waals surface area (Å²) in [6.07, 6.45) is 9.05. The van der Waals surface area contributed by atoms with Crippen molar-refractivity contribution in [2.45, 2.75) is 56.5 Å². The lowest BCUT2D eigenvalue weighted by Crippen LogP contribution is -2.40. The zero-order valence-corrected chi connectivity index (χ0v) is 24.2. The molecule has 1 atom stereocenters. The van der Waals surface area contributed by atoms with E-state index < -0.39 is 16.1 Å². The van der Waals surface area contributed by atoms with Crippen LogP contribution in [0.5, 0.6) is 0 Å². The number of rotatable bonds is 13. The quantitative estimate of drug-likeness (QED) is 0.224. The largest absolute Gasteiger partial charge is 0.342 e. The van der Waals surface area contributed by atoms with E-state index in [2.05, 4.69) is 4.98 Å². The second-order valence-corrected chi connectivity index (χ2v) is 12.8. The number of amides is 1. The Morgan fingerprint density at radius 3 is 2.47 bits per heavy atom. The van der Waals surface area contributed by atoms with Crippen molar-refractivity contribution in [2.24, 2.45) is 5.92 Å². The van der Waals surface area contributed by atoms with Crippen molar-refractivity contribution in [1.29, 1.82) is 0 Å². The molecule has 1 aliphatic rings. The smallest absolute Gasteiger partial charge is 0.264 e. The van der Waals surface area contributed by atoms with Gasteiger partial charge in [-0.05, 0) is 81.0 Å². The van der Waals surface area contributed by atoms with E-state index in [1.807, 2.05) is 15.7 Å². The van der Waals surface area contributed by atoms with E-state index in [1.54, 1.807) is 31.6 Å². The molecule has 0 bridgehead atoms. The molecule has 0 aliphatic heterocycles. The normalized spacial score (nSPS) is 14.3. The summed E-state index contributed by atoms with van der Waals surface area (Å²) in [5.74, 6) is 0.576. The Balaban J connectivity index is 1.50. The van der Waals surface area contributed by atoms with Crippen LogP contribution < -0.4 is 4.31 Å². The van der Waals surface area contributed by atoms with Crippen molar-refractivity contribution in [3.8, 4) is 0 Å². The maximum absolute atomic E-state index is 13.8. The molecule has 1 amide bonds. The molecule has 1 saturated carbocycles. The highest BCUT2D eigenvalue weighted by molar-refractivity contribution is 7.92. The number of halogens is 3. The number of aromatic nitrogens is 2. The number of anilines is 1. The summed E-state index contributed by atoms with van der Waals surface area (Å²) in [5, 5.41) is 1.04. The highest BCUT2D eigenvalue weighted by Gasteiger charge is 2.32. The van der Waals surface area contributed by atoms with Gasteiger partial charge in [-0.1, -0.05) is 34.8 Å². The summed E-state index contributed by atoms with van der Waals surface area (Å²) in [6.45, 7) is 3.95. The van der Waals surface area contributed by atoms with Crippen LogP contribution in [0.15, 0.2) is 66.1 Å². The number of nitrogens with zero attached hydrogens (tertiary/aromatic N) is 4. The summed E-state index contributed by atoms with van der Waals surface area (Å²) in [7, 11) is -4.03. The minimum absolute atomic E-state index is 0.0235. The third kappa shape index (κ3) is 7.44. The molecule has 1 aromatic heterocycles. The van der Waals surface area contributed by atoms with E-state index in [0.29, 0.717) is 28.9 Å². The number of benzene rings is 2. The van der Waals surface area contributed by atoms with E-state index in [4.69, 9.17) is 34.8 Å². The Bertz CT molecular complexity index is 1330. The van der Waals surface area contributed by atoms with Gasteiger partial charge in [-0.3, -0.25) is 9.10 Å². The average molecular weight is 598 g/mol. The van der Waals surface area contributed by atoms with E-state index in [1.165, 1.54) is 34.6 Å². The van der Waals surface area contributed by atoms with Crippen molar-refractivity contribution in [3.05, 3.63) is 76.3 Å². The molecule has 1 unspecified atom stereocenters. The molecule has 0 N–H and O–H groups in total. The van der Waals surface area contributed by atoms with Gasteiger partial charge in [0.2, 0.25) is 5.91 Å². The lowest BCUT2D eigenvalue weighted by Gasteiger charge is -2.32. The standard InChI is InChI=1S/C27H31Cl3N4O3S/c1-20(3-12-27(35)33(18-21-4-5-21)15-2-14-32-16-13-31-19-32)34(26-17-23(29)8-11-25(26)30)38(36,37)24-9-6-22(28)7-10-24/h6-11,13,16-17,19-21H,2-5,12,14-15,18H2,1H3. The van der Waals surface area contributed by atoms with Gasteiger partial charge in [-0.25, -0.2) is 13.4 Å². The summed E-state index contributed by atoms with van der Waals surface area (Å²) in [6, 6.07) is 10.1. The molecule has 204 valence electrons. The second-order valence-electron chi connectivity index (χ2n) is 9.68. The maximum atomic E-state index is 13.8. The Morgan fingerprint density at radius 1 is 1.11 bits per heavy atom. The Labute approximate surface area is 239 Å². The third-order valence-electron chi connectivity index (χ3n) is 6.62. The van der Waals surface area contributed by atoms with Crippen molar-refractivity contribution in [2.75, 3.05) is 17.4 Å². The molecule has 7 nitrogen and oxygen atoms in total. The molecule has 0 spiro atoms. The highest BCUT2D eigenvalue weighted by Crippen LogP contribution is 2.36. The van der Waals surface area contributed by atoms with Crippen LogP contribution in [-0.4, -0.2) is 47.9 Å². The molecule has 1 heterocycles. The van der Waals surface area contributed by atoms with Gasteiger partial charge < -0.3 is 9.47 Å².